The summed E-state index contributed by atoms with van der Waals surface area (Å²) in [5.74, 6) is 1.09. The SMILES string of the molecule is O=S(=O)(c1ccc2c(c1)OCO2)N1CCN(CCCN2CCOCC2)CC1. The number of rotatable bonds is 6. The Kier molecular flexibility index (Phi) is 5.84. The van der Waals surface area contributed by atoms with Crippen LogP contribution in [0.2, 0.25) is 0 Å². The fraction of sp³-hybridized carbons (Fsp3) is 0.667. The Hall–Kier alpha value is -1.39. The summed E-state index contributed by atoms with van der Waals surface area (Å²) in [5.41, 5.74) is 0. The third-order valence-electron chi connectivity index (χ3n) is 5.37. The van der Waals surface area contributed by atoms with E-state index in [4.69, 9.17) is 14.2 Å². The molecule has 0 bridgehead atoms. The molecule has 4 rings (SSSR count). The van der Waals surface area contributed by atoms with E-state index in [2.05, 4.69) is 9.80 Å². The van der Waals surface area contributed by atoms with Crippen LogP contribution in [0, 0.1) is 0 Å². The van der Waals surface area contributed by atoms with Gasteiger partial charge in [0.2, 0.25) is 16.8 Å². The van der Waals surface area contributed by atoms with Gasteiger partial charge < -0.3 is 19.1 Å². The first kappa shape index (κ1) is 18.9. The van der Waals surface area contributed by atoms with E-state index in [1.54, 1.807) is 22.5 Å². The molecule has 3 aliphatic heterocycles. The minimum absolute atomic E-state index is 0.141. The van der Waals surface area contributed by atoms with Gasteiger partial charge in [-0.05, 0) is 31.6 Å². The lowest BCUT2D eigenvalue weighted by atomic mass is 10.3. The molecule has 0 unspecified atom stereocenters. The first-order valence-corrected chi connectivity index (χ1v) is 11.0. The summed E-state index contributed by atoms with van der Waals surface area (Å²) in [6.07, 6.45) is 1.11. The first-order chi connectivity index (χ1) is 13.1. The Balaban J connectivity index is 1.27. The van der Waals surface area contributed by atoms with Crippen LogP contribution in [0.25, 0.3) is 0 Å². The lowest BCUT2D eigenvalue weighted by molar-refractivity contribution is 0.0356. The van der Waals surface area contributed by atoms with Crippen LogP contribution < -0.4 is 9.47 Å². The zero-order valence-electron chi connectivity index (χ0n) is 15.5. The molecule has 1 aromatic carbocycles. The summed E-state index contributed by atoms with van der Waals surface area (Å²) in [7, 11) is -3.50. The van der Waals surface area contributed by atoms with Crippen molar-refractivity contribution in [2.24, 2.45) is 0 Å². The van der Waals surface area contributed by atoms with E-state index in [9.17, 15) is 8.42 Å². The molecule has 0 radical (unpaired) electrons. The van der Waals surface area contributed by atoms with E-state index in [0.717, 1.165) is 58.9 Å². The first-order valence-electron chi connectivity index (χ1n) is 9.55. The summed E-state index contributed by atoms with van der Waals surface area (Å²) < 4.78 is 43.3. The highest BCUT2D eigenvalue weighted by Crippen LogP contribution is 2.34. The zero-order valence-corrected chi connectivity index (χ0v) is 16.3. The van der Waals surface area contributed by atoms with E-state index >= 15 is 0 Å². The van der Waals surface area contributed by atoms with E-state index in [-0.39, 0.29) is 11.7 Å². The van der Waals surface area contributed by atoms with Crippen molar-refractivity contribution in [3.05, 3.63) is 18.2 Å². The fourth-order valence-corrected chi connectivity index (χ4v) is 5.16. The van der Waals surface area contributed by atoms with Crippen LogP contribution in [0.4, 0.5) is 0 Å². The third kappa shape index (κ3) is 4.38. The van der Waals surface area contributed by atoms with Gasteiger partial charge in [-0.3, -0.25) is 4.90 Å². The maximum absolute atomic E-state index is 12.9. The fourth-order valence-electron chi connectivity index (χ4n) is 3.72. The Labute approximate surface area is 160 Å². The summed E-state index contributed by atoms with van der Waals surface area (Å²) in [5, 5.41) is 0. The van der Waals surface area contributed by atoms with Crippen LogP contribution >= 0.6 is 0 Å². The van der Waals surface area contributed by atoms with Gasteiger partial charge in [0.05, 0.1) is 18.1 Å². The molecule has 9 heteroatoms. The Morgan fingerprint density at radius 3 is 2.26 bits per heavy atom. The van der Waals surface area contributed by atoms with Crippen LogP contribution in [-0.4, -0.2) is 94.9 Å². The van der Waals surface area contributed by atoms with Gasteiger partial charge in [-0.15, -0.1) is 0 Å². The molecule has 0 saturated carbocycles. The van der Waals surface area contributed by atoms with Crippen molar-refractivity contribution >= 4 is 10.0 Å². The number of hydrogen-bond donors (Lipinski definition) is 0. The number of ether oxygens (including phenoxy) is 3. The van der Waals surface area contributed by atoms with Crippen molar-refractivity contribution in [3.8, 4) is 11.5 Å². The summed E-state index contributed by atoms with van der Waals surface area (Å²) >= 11 is 0. The zero-order chi connectivity index (χ0) is 18.7. The minimum atomic E-state index is -3.50. The second-order valence-corrected chi connectivity index (χ2v) is 9.01. The number of benzene rings is 1. The van der Waals surface area contributed by atoms with E-state index in [1.807, 2.05) is 0 Å². The highest BCUT2D eigenvalue weighted by molar-refractivity contribution is 7.89. The number of sulfonamides is 1. The van der Waals surface area contributed by atoms with Gasteiger partial charge in [-0.1, -0.05) is 0 Å². The summed E-state index contributed by atoms with van der Waals surface area (Å²) in [6.45, 7) is 8.51. The molecule has 3 aliphatic rings. The average Bonchev–Trinajstić information content (AvgIpc) is 3.17. The molecule has 150 valence electrons. The summed E-state index contributed by atoms with van der Waals surface area (Å²) in [6, 6.07) is 4.82. The smallest absolute Gasteiger partial charge is 0.243 e. The molecule has 0 N–H and O–H groups in total. The van der Waals surface area contributed by atoms with Gasteiger partial charge in [0.1, 0.15) is 0 Å². The van der Waals surface area contributed by atoms with Crippen molar-refractivity contribution in [2.75, 3.05) is 72.4 Å². The van der Waals surface area contributed by atoms with E-state index in [1.165, 1.54) is 0 Å². The lowest BCUT2D eigenvalue weighted by Gasteiger charge is -2.34. The Bertz CT molecular complexity index is 743. The third-order valence-corrected chi connectivity index (χ3v) is 7.26. The lowest BCUT2D eigenvalue weighted by Crippen LogP contribution is -2.49. The Morgan fingerprint density at radius 1 is 0.852 bits per heavy atom. The molecule has 0 amide bonds. The molecular weight excluding hydrogens is 370 g/mol. The van der Waals surface area contributed by atoms with Crippen molar-refractivity contribution in [2.45, 2.75) is 11.3 Å². The molecule has 2 fully saturated rings. The van der Waals surface area contributed by atoms with Gasteiger partial charge in [0, 0.05) is 45.3 Å². The van der Waals surface area contributed by atoms with Crippen LogP contribution in [-0.2, 0) is 14.8 Å². The van der Waals surface area contributed by atoms with Crippen LogP contribution in [0.1, 0.15) is 6.42 Å². The summed E-state index contributed by atoms with van der Waals surface area (Å²) in [4.78, 5) is 5.06. The number of hydrogen-bond acceptors (Lipinski definition) is 7. The largest absolute Gasteiger partial charge is 0.454 e. The van der Waals surface area contributed by atoms with E-state index < -0.39 is 10.0 Å². The average molecular weight is 397 g/mol. The highest BCUT2D eigenvalue weighted by Gasteiger charge is 2.29. The topological polar surface area (TPSA) is 71.6 Å². The van der Waals surface area contributed by atoms with Gasteiger partial charge in [-0.2, -0.15) is 4.31 Å². The predicted molar refractivity (Wildman–Crippen MR) is 99.6 cm³/mol. The number of piperazine rings is 1. The molecule has 8 nitrogen and oxygen atoms in total. The molecular formula is C18H27N3O5S. The number of morpholine rings is 1. The predicted octanol–water partition coefficient (Wildman–Crippen LogP) is 0.444. The molecule has 1 aromatic rings. The van der Waals surface area contributed by atoms with Crippen LogP contribution in [0.5, 0.6) is 11.5 Å². The Morgan fingerprint density at radius 2 is 1.52 bits per heavy atom. The maximum Gasteiger partial charge on any atom is 0.243 e. The van der Waals surface area contributed by atoms with E-state index in [0.29, 0.717) is 24.6 Å². The molecule has 27 heavy (non-hydrogen) atoms. The molecule has 0 atom stereocenters. The molecule has 0 aliphatic carbocycles. The monoisotopic (exact) mass is 397 g/mol. The second kappa shape index (κ2) is 8.32. The van der Waals surface area contributed by atoms with Crippen LogP contribution in [0.3, 0.4) is 0 Å². The van der Waals surface area contributed by atoms with Gasteiger partial charge in [0.15, 0.2) is 11.5 Å². The van der Waals surface area contributed by atoms with Gasteiger partial charge in [0.25, 0.3) is 0 Å². The maximum atomic E-state index is 12.9. The van der Waals surface area contributed by atoms with Crippen molar-refractivity contribution < 1.29 is 22.6 Å². The van der Waals surface area contributed by atoms with Gasteiger partial charge >= 0.3 is 0 Å². The van der Waals surface area contributed by atoms with Crippen molar-refractivity contribution in [3.63, 3.8) is 0 Å². The van der Waals surface area contributed by atoms with Gasteiger partial charge in [-0.25, -0.2) is 8.42 Å². The number of nitrogens with zero attached hydrogens (tertiary/aromatic N) is 3. The quantitative estimate of drug-likeness (QED) is 0.690. The van der Waals surface area contributed by atoms with Crippen molar-refractivity contribution in [1.29, 1.82) is 0 Å². The molecule has 0 spiro atoms. The molecule has 0 aromatic heterocycles. The van der Waals surface area contributed by atoms with Crippen molar-refractivity contribution in [1.82, 2.24) is 14.1 Å². The number of fused-ring (bicyclic) bond motifs is 1. The highest BCUT2D eigenvalue weighted by atomic mass is 32.2. The normalized spacial score (nSPS) is 22.2. The minimum Gasteiger partial charge on any atom is -0.454 e. The molecule has 2 saturated heterocycles. The molecule has 3 heterocycles. The van der Waals surface area contributed by atoms with Crippen LogP contribution in [0.15, 0.2) is 23.1 Å². The second-order valence-electron chi connectivity index (χ2n) is 7.07. The standard InChI is InChI=1S/C18H27N3O5S/c22-27(23,16-2-3-17-18(14-16)26-15-25-17)21-8-6-19(7-9-21)4-1-5-20-10-12-24-13-11-20/h2-3,14H,1,4-13,15H2.